The van der Waals surface area contributed by atoms with Gasteiger partial charge in [0.05, 0.1) is 13.2 Å². The van der Waals surface area contributed by atoms with Gasteiger partial charge in [-0.3, -0.25) is 0 Å². The molecule has 2 unspecified atom stereocenters. The van der Waals surface area contributed by atoms with E-state index in [1.54, 1.807) is 7.11 Å². The number of benzene rings is 1. The van der Waals surface area contributed by atoms with Crippen LogP contribution >= 0.6 is 0 Å². The Bertz CT molecular complexity index is 696. The number of methoxy groups -OCH3 is 1. The van der Waals surface area contributed by atoms with Crippen molar-refractivity contribution < 1.29 is 19.1 Å². The van der Waals surface area contributed by atoms with Crippen LogP contribution in [0, 0.1) is 12.8 Å². The molecule has 2 rings (SSSR count). The molecule has 0 saturated heterocycles. The van der Waals surface area contributed by atoms with Gasteiger partial charge >= 0.3 is 6.03 Å². The second kappa shape index (κ2) is 8.06. The number of fused-ring (bicyclic) bond motifs is 1. The van der Waals surface area contributed by atoms with Gasteiger partial charge in [-0.2, -0.15) is 0 Å². The first-order valence-corrected chi connectivity index (χ1v) is 8.18. The second-order valence-electron chi connectivity index (χ2n) is 6.15. The van der Waals surface area contributed by atoms with Crippen LogP contribution in [0.25, 0.3) is 11.0 Å². The molecule has 24 heavy (non-hydrogen) atoms. The van der Waals surface area contributed by atoms with Crippen LogP contribution in [-0.4, -0.2) is 31.4 Å². The zero-order valence-corrected chi connectivity index (χ0v) is 14.7. The quantitative estimate of drug-likeness (QED) is 0.726. The molecule has 0 radical (unpaired) electrons. The van der Waals surface area contributed by atoms with Crippen molar-refractivity contribution in [1.82, 2.24) is 10.6 Å². The van der Waals surface area contributed by atoms with Crippen LogP contribution in [0.3, 0.4) is 0 Å². The molecule has 132 valence electrons. The fourth-order valence-electron chi connectivity index (χ4n) is 2.66. The number of aryl methyl sites for hydroxylation is 1. The van der Waals surface area contributed by atoms with E-state index in [0.29, 0.717) is 13.0 Å². The summed E-state index contributed by atoms with van der Waals surface area (Å²) >= 11 is 0. The number of furan rings is 1. The second-order valence-corrected chi connectivity index (χ2v) is 6.15. The number of carbonyl (C=O) groups excluding carboxylic acids is 1. The predicted octanol–water partition coefficient (Wildman–Crippen LogP) is 3.13. The first kappa shape index (κ1) is 18.1. The summed E-state index contributed by atoms with van der Waals surface area (Å²) in [5.41, 5.74) is 1.76. The van der Waals surface area contributed by atoms with E-state index in [9.17, 15) is 4.79 Å². The van der Waals surface area contributed by atoms with Crippen LogP contribution in [0.15, 0.2) is 22.6 Å². The molecule has 3 N–H and O–H groups in total. The van der Waals surface area contributed by atoms with E-state index >= 15 is 0 Å². The molecule has 0 aliphatic carbocycles. The Morgan fingerprint density at radius 2 is 2.12 bits per heavy atom. The average Bonchev–Trinajstić information content (AvgIpc) is 2.89. The van der Waals surface area contributed by atoms with Gasteiger partial charge in [0.1, 0.15) is 17.1 Å². The fraction of sp³-hybridized carbons (Fsp3) is 0.500. The number of nitrogens with one attached hydrogen (secondary N) is 2. The summed E-state index contributed by atoms with van der Waals surface area (Å²) in [4.78, 5) is 12.0. The predicted molar refractivity (Wildman–Crippen MR) is 93.3 cm³/mol. The molecule has 0 aliphatic heterocycles. The summed E-state index contributed by atoms with van der Waals surface area (Å²) in [6.45, 7) is 6.49. The Morgan fingerprint density at radius 3 is 2.79 bits per heavy atom. The summed E-state index contributed by atoms with van der Waals surface area (Å²) in [7, 11) is 1.63. The van der Waals surface area contributed by atoms with Gasteiger partial charge in [0.15, 0.2) is 0 Å². The third-order valence-corrected chi connectivity index (χ3v) is 4.15. The fourth-order valence-corrected chi connectivity index (χ4v) is 2.66. The molecular weight excluding hydrogens is 308 g/mol. The molecular formula is C18H26N2O4. The van der Waals surface area contributed by atoms with Crippen LogP contribution in [0.5, 0.6) is 5.75 Å². The van der Waals surface area contributed by atoms with E-state index in [4.69, 9.17) is 14.3 Å². The van der Waals surface area contributed by atoms with Crippen molar-refractivity contribution in [2.75, 3.05) is 20.3 Å². The lowest BCUT2D eigenvalue weighted by Crippen LogP contribution is -2.39. The zero-order chi connectivity index (χ0) is 17.7. The largest absolute Gasteiger partial charge is 0.497 e. The summed E-state index contributed by atoms with van der Waals surface area (Å²) in [6.07, 6.45) is 0.667. The van der Waals surface area contributed by atoms with E-state index in [2.05, 4.69) is 10.6 Å². The molecule has 6 heteroatoms. The maximum absolute atomic E-state index is 12.0. The molecule has 1 aromatic carbocycles. The number of aliphatic hydroxyl groups is 1. The molecule has 2 aromatic rings. The van der Waals surface area contributed by atoms with Gasteiger partial charge in [0, 0.05) is 24.1 Å². The van der Waals surface area contributed by atoms with Crippen LogP contribution in [0.2, 0.25) is 0 Å². The molecule has 1 heterocycles. The Kier molecular flexibility index (Phi) is 6.09. The molecule has 0 bridgehead atoms. The Morgan fingerprint density at radius 1 is 1.38 bits per heavy atom. The molecule has 2 amide bonds. The number of hydrogen-bond acceptors (Lipinski definition) is 4. The van der Waals surface area contributed by atoms with Crippen molar-refractivity contribution in [3.63, 3.8) is 0 Å². The SMILES string of the molecule is COc1ccc2oc(C(C)NC(=O)NCC(C)CCO)c(C)c2c1. The van der Waals surface area contributed by atoms with Gasteiger partial charge in [-0.25, -0.2) is 4.79 Å². The molecule has 0 spiro atoms. The first-order chi connectivity index (χ1) is 11.5. The number of carbonyl (C=O) groups is 1. The van der Waals surface area contributed by atoms with Crippen LogP contribution in [0.4, 0.5) is 4.79 Å². The summed E-state index contributed by atoms with van der Waals surface area (Å²) in [5.74, 6) is 1.74. The molecule has 2 atom stereocenters. The van der Waals surface area contributed by atoms with Crippen molar-refractivity contribution in [2.45, 2.75) is 33.2 Å². The lowest BCUT2D eigenvalue weighted by molar-refractivity contribution is 0.230. The molecule has 0 fully saturated rings. The third-order valence-electron chi connectivity index (χ3n) is 4.15. The Labute approximate surface area is 142 Å². The lowest BCUT2D eigenvalue weighted by atomic mass is 10.1. The highest BCUT2D eigenvalue weighted by molar-refractivity contribution is 5.84. The minimum absolute atomic E-state index is 0.127. The van der Waals surface area contributed by atoms with E-state index in [0.717, 1.165) is 28.0 Å². The van der Waals surface area contributed by atoms with Gasteiger partial charge in [-0.15, -0.1) is 0 Å². The van der Waals surface area contributed by atoms with Crippen molar-refractivity contribution in [2.24, 2.45) is 5.92 Å². The molecule has 0 aliphatic rings. The summed E-state index contributed by atoms with van der Waals surface area (Å²) in [5, 5.41) is 15.6. The number of ether oxygens (including phenoxy) is 1. The van der Waals surface area contributed by atoms with Crippen molar-refractivity contribution in [3.05, 3.63) is 29.5 Å². The highest BCUT2D eigenvalue weighted by Crippen LogP contribution is 2.31. The Balaban J connectivity index is 2.04. The molecule has 0 saturated carbocycles. The number of rotatable bonds is 7. The summed E-state index contributed by atoms with van der Waals surface area (Å²) < 4.78 is 11.1. The lowest BCUT2D eigenvalue weighted by Gasteiger charge is -2.15. The van der Waals surface area contributed by atoms with Crippen molar-refractivity contribution in [1.29, 1.82) is 0 Å². The Hall–Kier alpha value is -2.21. The monoisotopic (exact) mass is 334 g/mol. The topological polar surface area (TPSA) is 83.7 Å². The van der Waals surface area contributed by atoms with Crippen LogP contribution in [0.1, 0.15) is 37.6 Å². The molecule has 1 aromatic heterocycles. The minimum atomic E-state index is -0.253. The third kappa shape index (κ3) is 4.20. The average molecular weight is 334 g/mol. The number of aliphatic hydroxyl groups excluding tert-OH is 1. The zero-order valence-electron chi connectivity index (χ0n) is 14.7. The van der Waals surface area contributed by atoms with Gasteiger partial charge in [0.2, 0.25) is 0 Å². The van der Waals surface area contributed by atoms with Crippen LogP contribution < -0.4 is 15.4 Å². The first-order valence-electron chi connectivity index (χ1n) is 8.18. The number of amides is 2. The number of urea groups is 1. The van der Waals surface area contributed by atoms with E-state index in [1.165, 1.54) is 0 Å². The van der Waals surface area contributed by atoms with Crippen molar-refractivity contribution in [3.8, 4) is 5.75 Å². The summed E-state index contributed by atoms with van der Waals surface area (Å²) in [6, 6.07) is 5.15. The van der Waals surface area contributed by atoms with Gasteiger partial charge in [-0.1, -0.05) is 6.92 Å². The van der Waals surface area contributed by atoms with E-state index in [-0.39, 0.29) is 24.6 Å². The highest BCUT2D eigenvalue weighted by Gasteiger charge is 2.19. The van der Waals surface area contributed by atoms with Crippen molar-refractivity contribution >= 4 is 17.0 Å². The van der Waals surface area contributed by atoms with Gasteiger partial charge in [-0.05, 0) is 44.4 Å². The van der Waals surface area contributed by atoms with Gasteiger partial charge < -0.3 is 24.9 Å². The minimum Gasteiger partial charge on any atom is -0.497 e. The maximum Gasteiger partial charge on any atom is 0.315 e. The van der Waals surface area contributed by atoms with E-state index < -0.39 is 0 Å². The highest BCUT2D eigenvalue weighted by atomic mass is 16.5. The number of hydrogen-bond donors (Lipinski definition) is 3. The maximum atomic E-state index is 12.0. The normalized spacial score (nSPS) is 13.5. The molecule has 6 nitrogen and oxygen atoms in total. The van der Waals surface area contributed by atoms with E-state index in [1.807, 2.05) is 39.0 Å². The van der Waals surface area contributed by atoms with Crippen LogP contribution in [-0.2, 0) is 0 Å². The van der Waals surface area contributed by atoms with Gasteiger partial charge in [0.25, 0.3) is 0 Å². The standard InChI is InChI=1S/C18H26N2O4/c1-11(7-8-21)10-19-18(22)20-13(3)17-12(2)15-9-14(23-4)5-6-16(15)24-17/h5-6,9,11,13,21H,7-8,10H2,1-4H3,(H2,19,20,22). The smallest absolute Gasteiger partial charge is 0.315 e.